The summed E-state index contributed by atoms with van der Waals surface area (Å²) in [6, 6.07) is 36.8. The fourth-order valence-corrected chi connectivity index (χ4v) is 12.5. The van der Waals surface area contributed by atoms with Gasteiger partial charge in [-0.1, -0.05) is 32.4 Å². The summed E-state index contributed by atoms with van der Waals surface area (Å²) in [7, 11) is 0. The topological polar surface area (TPSA) is 128 Å². The summed E-state index contributed by atoms with van der Waals surface area (Å²) in [5.41, 5.74) is 3.11. The van der Waals surface area contributed by atoms with Crippen molar-refractivity contribution in [2.45, 2.75) is 72.6 Å². The van der Waals surface area contributed by atoms with E-state index in [0.29, 0.717) is 31.4 Å². The third-order valence-corrected chi connectivity index (χ3v) is 17.9. The number of pyridine rings is 2. The molecule has 2 aliphatic heterocycles. The van der Waals surface area contributed by atoms with Crippen molar-refractivity contribution in [2.75, 3.05) is 102 Å². The lowest BCUT2D eigenvalue weighted by Gasteiger charge is -2.36. The highest BCUT2D eigenvalue weighted by atomic mass is 32.1. The molecule has 2 saturated heterocycles. The first-order valence-corrected chi connectivity index (χ1v) is 30.3. The van der Waals surface area contributed by atoms with E-state index in [1.54, 1.807) is 34.8 Å². The number of carbonyl (C=O) groups excluding carboxylic acids is 2. The molecule has 0 amide bonds. The lowest BCUT2D eigenvalue weighted by atomic mass is 9.72. The molecular formula is C64H76N6O8S2. The van der Waals surface area contributed by atoms with Crippen molar-refractivity contribution in [1.29, 1.82) is 0 Å². The Morgan fingerprint density at radius 3 is 1.57 bits per heavy atom. The smallest absolute Gasteiger partial charge is 0.314 e. The summed E-state index contributed by atoms with van der Waals surface area (Å²) < 4.78 is 38.0. The molecule has 80 heavy (non-hydrogen) atoms. The fourth-order valence-electron chi connectivity index (χ4n) is 10.9. The standard InChI is InChI=1S/C64H76N6O8S2/c1-5-46(2)40-49(41-62(71)77-44-75-60-22-18-47-16-20-50(42-54(47)65-60)73-36-8-6-26-67-28-32-69(33-29-67)56-12-10-14-58-52(56)24-38-79-58)64(3,4)63(72)78-45-76-61-23-19-48-17-21-51(43-55(48)66-61)74-37-9-7-27-68-30-34-70(35-31-68)57-13-11-15-59-53(57)25-39-80-59/h10-25,38-39,42-43,46,49H,5-9,26-37,40-41,44-45H2,1-4H3. The van der Waals surface area contributed by atoms with Gasteiger partial charge in [-0.25, -0.2) is 9.97 Å². The lowest BCUT2D eigenvalue weighted by Crippen LogP contribution is -2.46. The largest absolute Gasteiger partial charge is 0.494 e. The molecule has 422 valence electrons. The number of hydrogen-bond acceptors (Lipinski definition) is 16. The van der Waals surface area contributed by atoms with Crippen molar-refractivity contribution in [3.05, 3.63) is 120 Å². The number of piperazine rings is 2. The maximum absolute atomic E-state index is 13.7. The highest BCUT2D eigenvalue weighted by Crippen LogP contribution is 2.38. The normalized spacial score (nSPS) is 15.3. The Labute approximate surface area is 478 Å². The Balaban J connectivity index is 0.620. The van der Waals surface area contributed by atoms with Gasteiger partial charge in [-0.15, -0.1) is 22.7 Å². The highest BCUT2D eigenvalue weighted by Gasteiger charge is 2.40. The molecule has 14 nitrogen and oxygen atoms in total. The predicted molar refractivity (Wildman–Crippen MR) is 323 cm³/mol. The van der Waals surface area contributed by atoms with E-state index in [4.69, 9.17) is 28.4 Å². The van der Waals surface area contributed by atoms with Gasteiger partial charge in [-0.3, -0.25) is 19.4 Å². The quantitative estimate of drug-likeness (QED) is 0.0275. The van der Waals surface area contributed by atoms with E-state index >= 15 is 0 Å². The Morgan fingerprint density at radius 1 is 0.588 bits per heavy atom. The first-order valence-electron chi connectivity index (χ1n) is 28.6. The molecule has 0 aliphatic carbocycles. The van der Waals surface area contributed by atoms with E-state index in [9.17, 15) is 9.59 Å². The SMILES string of the molecule is CCC(C)CC(CC(=O)OCOc1ccc2ccc(OCCCCN3CCN(c4cccc5sccc45)CC3)cc2n1)C(C)(C)C(=O)OCOc1ccc2ccc(OCCCCN3CCN(c4cccc5sccc45)CC3)cc2n1. The molecule has 10 rings (SSSR count). The summed E-state index contributed by atoms with van der Waals surface area (Å²) in [5, 5.41) is 8.96. The van der Waals surface area contributed by atoms with Crippen molar-refractivity contribution < 1.29 is 38.0 Å². The zero-order chi connectivity index (χ0) is 55.3. The van der Waals surface area contributed by atoms with E-state index in [2.05, 4.69) is 103 Å². The molecule has 2 fully saturated rings. The zero-order valence-corrected chi connectivity index (χ0v) is 48.4. The number of anilines is 2. The monoisotopic (exact) mass is 1120 g/mol. The van der Waals surface area contributed by atoms with Gasteiger partial charge in [-0.2, -0.15) is 0 Å². The van der Waals surface area contributed by atoms with Crippen molar-refractivity contribution in [1.82, 2.24) is 19.8 Å². The van der Waals surface area contributed by atoms with Crippen LogP contribution in [0, 0.1) is 17.3 Å². The molecule has 0 saturated carbocycles. The molecule has 6 heterocycles. The number of fused-ring (bicyclic) bond motifs is 4. The number of aromatic nitrogens is 2. The Kier molecular flexibility index (Phi) is 19.2. The Hall–Kier alpha value is -6.72. The van der Waals surface area contributed by atoms with Crippen LogP contribution < -0.4 is 28.7 Å². The van der Waals surface area contributed by atoms with Crippen LogP contribution in [0.25, 0.3) is 42.0 Å². The molecule has 2 atom stereocenters. The molecule has 2 aliphatic rings. The summed E-state index contributed by atoms with van der Waals surface area (Å²) in [6.45, 7) is 18.9. The van der Waals surface area contributed by atoms with Crippen LogP contribution in [0.3, 0.4) is 0 Å². The molecule has 0 N–H and O–H groups in total. The van der Waals surface area contributed by atoms with Crippen LogP contribution in [0.1, 0.15) is 72.6 Å². The van der Waals surface area contributed by atoms with Gasteiger partial charge in [0.1, 0.15) is 11.5 Å². The van der Waals surface area contributed by atoms with Crippen LogP contribution in [0.5, 0.6) is 23.3 Å². The van der Waals surface area contributed by atoms with Crippen LogP contribution in [-0.2, 0) is 19.1 Å². The van der Waals surface area contributed by atoms with E-state index < -0.39 is 17.4 Å². The van der Waals surface area contributed by atoms with Crippen molar-refractivity contribution >= 4 is 88.0 Å². The van der Waals surface area contributed by atoms with E-state index in [0.717, 1.165) is 131 Å². The second kappa shape index (κ2) is 27.2. The number of esters is 2. The molecule has 16 heteroatoms. The Morgan fingerprint density at radius 2 is 1.07 bits per heavy atom. The number of rotatable bonds is 27. The van der Waals surface area contributed by atoms with Crippen LogP contribution in [0.4, 0.5) is 11.4 Å². The number of benzene rings is 4. The van der Waals surface area contributed by atoms with Gasteiger partial charge in [0.15, 0.2) is 0 Å². The first kappa shape index (κ1) is 56.6. The minimum Gasteiger partial charge on any atom is -0.494 e. The highest BCUT2D eigenvalue weighted by molar-refractivity contribution is 7.17. The van der Waals surface area contributed by atoms with Gasteiger partial charge in [0, 0.05) is 125 Å². The predicted octanol–water partition coefficient (Wildman–Crippen LogP) is 13.1. The number of carbonyl (C=O) groups is 2. The van der Waals surface area contributed by atoms with Gasteiger partial charge in [-0.05, 0) is 154 Å². The molecule has 4 aromatic heterocycles. The van der Waals surface area contributed by atoms with Crippen LogP contribution in [0.15, 0.2) is 120 Å². The third kappa shape index (κ3) is 14.6. The molecule has 0 bridgehead atoms. The van der Waals surface area contributed by atoms with Gasteiger partial charge in [0.2, 0.25) is 25.3 Å². The third-order valence-electron chi connectivity index (χ3n) is 16.1. The van der Waals surface area contributed by atoms with Crippen molar-refractivity contribution in [2.24, 2.45) is 17.3 Å². The van der Waals surface area contributed by atoms with Crippen LogP contribution in [-0.4, -0.2) is 124 Å². The molecule has 2 unspecified atom stereocenters. The number of thiophene rings is 2. The lowest BCUT2D eigenvalue weighted by molar-refractivity contribution is -0.166. The number of hydrogen-bond donors (Lipinski definition) is 0. The fraction of sp³-hybridized carbons (Fsp3) is 0.438. The average Bonchev–Trinajstić information content (AvgIpc) is 4.19. The zero-order valence-electron chi connectivity index (χ0n) is 46.8. The van der Waals surface area contributed by atoms with Gasteiger partial charge in [0.05, 0.1) is 29.7 Å². The molecule has 8 aromatic rings. The molecule has 0 radical (unpaired) electrons. The van der Waals surface area contributed by atoms with Crippen LogP contribution in [0.2, 0.25) is 0 Å². The van der Waals surface area contributed by atoms with Crippen molar-refractivity contribution in [3.63, 3.8) is 0 Å². The number of ether oxygens (including phenoxy) is 6. The van der Waals surface area contributed by atoms with Gasteiger partial charge >= 0.3 is 11.9 Å². The second-order valence-electron chi connectivity index (χ2n) is 21.8. The summed E-state index contributed by atoms with van der Waals surface area (Å²) in [5.74, 6) is 1.09. The summed E-state index contributed by atoms with van der Waals surface area (Å²) in [6.07, 6.45) is 5.57. The van der Waals surface area contributed by atoms with Gasteiger partial charge in [0.25, 0.3) is 0 Å². The molecule has 4 aromatic carbocycles. The minimum absolute atomic E-state index is 0.00829. The number of unbranched alkanes of at least 4 members (excludes halogenated alkanes) is 2. The van der Waals surface area contributed by atoms with E-state index in [1.165, 1.54) is 31.5 Å². The van der Waals surface area contributed by atoms with Crippen LogP contribution >= 0.6 is 22.7 Å². The maximum Gasteiger partial charge on any atom is 0.314 e. The summed E-state index contributed by atoms with van der Waals surface area (Å²) in [4.78, 5) is 46.6. The number of nitrogens with zero attached hydrogens (tertiary/aromatic N) is 6. The second-order valence-corrected chi connectivity index (χ2v) is 23.7. The van der Waals surface area contributed by atoms with Gasteiger partial charge < -0.3 is 38.2 Å². The molecular weight excluding hydrogens is 1040 g/mol. The van der Waals surface area contributed by atoms with E-state index in [-0.39, 0.29) is 31.8 Å². The molecule has 0 spiro atoms. The minimum atomic E-state index is -1.03. The first-order chi connectivity index (χ1) is 39.1. The summed E-state index contributed by atoms with van der Waals surface area (Å²) >= 11 is 3.61. The Bertz CT molecular complexity index is 3310. The van der Waals surface area contributed by atoms with E-state index in [1.807, 2.05) is 62.4 Å². The average molecular weight is 1120 g/mol. The van der Waals surface area contributed by atoms with Crippen molar-refractivity contribution in [3.8, 4) is 23.3 Å². The maximum atomic E-state index is 13.7.